The van der Waals surface area contributed by atoms with Gasteiger partial charge in [0, 0.05) is 30.7 Å². The van der Waals surface area contributed by atoms with E-state index in [0.29, 0.717) is 31.7 Å². The number of nitrogens with one attached hydrogen (secondary N) is 1. The molecule has 1 aliphatic rings. The molecule has 2 heterocycles. The lowest BCUT2D eigenvalue weighted by atomic mass is 9.80. The van der Waals surface area contributed by atoms with Crippen LogP contribution in [-0.2, 0) is 27.2 Å². The van der Waals surface area contributed by atoms with Gasteiger partial charge in [0.15, 0.2) is 0 Å². The van der Waals surface area contributed by atoms with Gasteiger partial charge in [0.1, 0.15) is 5.01 Å². The van der Waals surface area contributed by atoms with E-state index in [1.54, 1.807) is 0 Å². The molecule has 144 valence electrons. The number of carbonyl (C=O) groups excluding carboxylic acids is 1. The van der Waals surface area contributed by atoms with Crippen LogP contribution in [0, 0.1) is 5.41 Å². The van der Waals surface area contributed by atoms with E-state index in [9.17, 15) is 14.7 Å². The van der Waals surface area contributed by atoms with E-state index in [4.69, 9.17) is 4.74 Å². The topological polar surface area (TPSA) is 88.5 Å². The summed E-state index contributed by atoms with van der Waals surface area (Å²) >= 11 is 1.51. The maximum atomic E-state index is 12.3. The van der Waals surface area contributed by atoms with Gasteiger partial charge in [0.05, 0.1) is 17.5 Å². The third kappa shape index (κ3) is 4.73. The first-order chi connectivity index (χ1) is 13.0. The Morgan fingerprint density at radius 3 is 2.59 bits per heavy atom. The van der Waals surface area contributed by atoms with Gasteiger partial charge < -0.3 is 15.2 Å². The quantitative estimate of drug-likeness (QED) is 0.761. The molecule has 2 aromatic rings. The van der Waals surface area contributed by atoms with Crippen molar-refractivity contribution in [2.45, 2.75) is 32.6 Å². The predicted molar refractivity (Wildman–Crippen MR) is 104 cm³/mol. The van der Waals surface area contributed by atoms with Gasteiger partial charge >= 0.3 is 5.97 Å². The fourth-order valence-corrected chi connectivity index (χ4v) is 3.95. The number of carboxylic acid groups (broad SMARTS) is 1. The molecule has 1 saturated heterocycles. The number of amides is 1. The minimum Gasteiger partial charge on any atom is -0.481 e. The van der Waals surface area contributed by atoms with Crippen molar-refractivity contribution in [3.63, 3.8) is 0 Å². The highest BCUT2D eigenvalue weighted by Gasteiger charge is 2.40. The Labute approximate surface area is 162 Å². The zero-order chi connectivity index (χ0) is 19.3. The summed E-state index contributed by atoms with van der Waals surface area (Å²) in [6.07, 6.45) is 1.97. The molecule has 0 bridgehead atoms. The van der Waals surface area contributed by atoms with Gasteiger partial charge in [-0.25, -0.2) is 4.98 Å². The summed E-state index contributed by atoms with van der Waals surface area (Å²) in [5.74, 6) is -1.09. The molecule has 0 spiro atoms. The summed E-state index contributed by atoms with van der Waals surface area (Å²) in [5.41, 5.74) is 2.08. The lowest BCUT2D eigenvalue weighted by Crippen LogP contribution is -2.46. The number of benzene rings is 1. The van der Waals surface area contributed by atoms with Gasteiger partial charge in [-0.05, 0) is 24.8 Å². The summed E-state index contributed by atoms with van der Waals surface area (Å²) in [6.45, 7) is 3.06. The Balaban J connectivity index is 1.58. The summed E-state index contributed by atoms with van der Waals surface area (Å²) < 4.78 is 5.25. The molecule has 1 aromatic carbocycles. The van der Waals surface area contributed by atoms with Crippen molar-refractivity contribution in [2.75, 3.05) is 19.8 Å². The van der Waals surface area contributed by atoms with Crippen LogP contribution in [-0.4, -0.2) is 41.7 Å². The molecule has 6 nitrogen and oxygen atoms in total. The van der Waals surface area contributed by atoms with Crippen LogP contribution in [0.1, 0.15) is 31.0 Å². The Hall–Kier alpha value is -2.25. The molecule has 1 aromatic heterocycles. The van der Waals surface area contributed by atoms with Crippen LogP contribution in [0.5, 0.6) is 0 Å². The van der Waals surface area contributed by atoms with E-state index >= 15 is 0 Å². The van der Waals surface area contributed by atoms with Crippen molar-refractivity contribution in [1.82, 2.24) is 10.3 Å². The first-order valence-electron chi connectivity index (χ1n) is 9.14. The number of carboxylic acids is 1. The maximum absolute atomic E-state index is 12.3. The molecule has 0 unspecified atom stereocenters. The van der Waals surface area contributed by atoms with Crippen molar-refractivity contribution >= 4 is 23.2 Å². The van der Waals surface area contributed by atoms with Gasteiger partial charge in [-0.3, -0.25) is 9.59 Å². The number of hydrogen-bond acceptors (Lipinski definition) is 5. The van der Waals surface area contributed by atoms with Crippen molar-refractivity contribution in [1.29, 1.82) is 0 Å². The zero-order valence-electron chi connectivity index (χ0n) is 15.4. The molecular weight excluding hydrogens is 364 g/mol. The van der Waals surface area contributed by atoms with E-state index in [-0.39, 0.29) is 18.9 Å². The molecular formula is C20H24N2O4S. The highest BCUT2D eigenvalue weighted by Crippen LogP contribution is 2.30. The molecule has 2 N–H and O–H groups in total. The number of ether oxygens (including phenoxy) is 1. The molecule has 3 rings (SSSR count). The molecule has 0 saturated carbocycles. The van der Waals surface area contributed by atoms with Crippen LogP contribution in [0.4, 0.5) is 0 Å². The highest BCUT2D eigenvalue weighted by atomic mass is 32.1. The Kier molecular flexibility index (Phi) is 6.23. The Morgan fingerprint density at radius 2 is 1.96 bits per heavy atom. The number of aryl methyl sites for hydroxylation is 1. The number of aliphatic carboxylic acids is 1. The molecule has 1 aliphatic heterocycles. The number of hydrogen-bond donors (Lipinski definition) is 2. The van der Waals surface area contributed by atoms with E-state index in [1.807, 2.05) is 17.5 Å². The van der Waals surface area contributed by atoms with Gasteiger partial charge in [0.25, 0.3) is 0 Å². The third-order valence-corrected chi connectivity index (χ3v) is 5.97. The molecule has 1 amide bonds. The number of rotatable bonds is 7. The number of thiazole rings is 1. The maximum Gasteiger partial charge on any atom is 0.311 e. The van der Waals surface area contributed by atoms with Gasteiger partial charge in [-0.15, -0.1) is 11.3 Å². The summed E-state index contributed by atoms with van der Waals surface area (Å²) in [7, 11) is 0. The van der Waals surface area contributed by atoms with Crippen LogP contribution in [0.25, 0.3) is 10.6 Å². The van der Waals surface area contributed by atoms with Gasteiger partial charge in [-0.2, -0.15) is 0 Å². The highest BCUT2D eigenvalue weighted by molar-refractivity contribution is 7.13. The van der Waals surface area contributed by atoms with Crippen molar-refractivity contribution in [3.05, 3.63) is 40.9 Å². The minimum absolute atomic E-state index is 0.125. The van der Waals surface area contributed by atoms with Gasteiger partial charge in [-0.1, -0.05) is 31.2 Å². The first kappa shape index (κ1) is 19.5. The molecule has 0 radical (unpaired) electrons. The average molecular weight is 388 g/mol. The molecule has 0 aliphatic carbocycles. The van der Waals surface area contributed by atoms with Crippen LogP contribution in [0.3, 0.4) is 0 Å². The largest absolute Gasteiger partial charge is 0.481 e. The van der Waals surface area contributed by atoms with Gasteiger partial charge in [0.2, 0.25) is 5.91 Å². The van der Waals surface area contributed by atoms with Crippen LogP contribution < -0.4 is 5.32 Å². The van der Waals surface area contributed by atoms with Crippen LogP contribution in [0.15, 0.2) is 29.6 Å². The van der Waals surface area contributed by atoms with Crippen molar-refractivity contribution in [2.24, 2.45) is 5.41 Å². The normalized spacial score (nSPS) is 16.0. The summed E-state index contributed by atoms with van der Waals surface area (Å²) in [5, 5.41) is 15.1. The average Bonchev–Trinajstić information content (AvgIpc) is 3.15. The first-order valence-corrected chi connectivity index (χ1v) is 10.0. The van der Waals surface area contributed by atoms with Crippen molar-refractivity contribution in [3.8, 4) is 10.6 Å². The predicted octanol–water partition coefficient (Wildman–Crippen LogP) is 2.91. The number of nitrogens with zero attached hydrogens (tertiary/aromatic N) is 1. The zero-order valence-corrected chi connectivity index (χ0v) is 16.2. The Morgan fingerprint density at radius 1 is 1.26 bits per heavy atom. The standard InChI is InChI=1S/C20H24N2O4S/c1-2-14-3-5-15(6-4-14)18-22-16(12-27-18)11-17(23)21-13-20(19(24)25)7-9-26-10-8-20/h3-6,12H,2,7-11,13H2,1H3,(H,21,23)(H,24,25). The van der Waals surface area contributed by atoms with Crippen LogP contribution in [0.2, 0.25) is 0 Å². The van der Waals surface area contributed by atoms with E-state index in [2.05, 4.69) is 29.4 Å². The SMILES string of the molecule is CCc1ccc(-c2nc(CC(=O)NCC3(C(=O)O)CCOCC3)cs2)cc1. The smallest absolute Gasteiger partial charge is 0.311 e. The van der Waals surface area contributed by atoms with E-state index in [1.165, 1.54) is 16.9 Å². The lowest BCUT2D eigenvalue weighted by molar-refractivity contribution is -0.154. The van der Waals surface area contributed by atoms with Crippen LogP contribution >= 0.6 is 11.3 Å². The minimum atomic E-state index is -0.928. The van der Waals surface area contributed by atoms with E-state index in [0.717, 1.165) is 17.0 Å². The fraction of sp³-hybridized carbons (Fsp3) is 0.450. The second-order valence-electron chi connectivity index (χ2n) is 6.85. The number of aromatic nitrogens is 1. The molecule has 0 atom stereocenters. The fourth-order valence-electron chi connectivity index (χ4n) is 3.13. The summed E-state index contributed by atoms with van der Waals surface area (Å²) in [4.78, 5) is 28.5. The number of carbonyl (C=O) groups is 2. The van der Waals surface area contributed by atoms with Crippen molar-refractivity contribution < 1.29 is 19.4 Å². The molecule has 27 heavy (non-hydrogen) atoms. The van der Waals surface area contributed by atoms with E-state index < -0.39 is 11.4 Å². The lowest BCUT2D eigenvalue weighted by Gasteiger charge is -2.33. The third-order valence-electron chi connectivity index (χ3n) is 5.03. The second kappa shape index (κ2) is 8.63. The summed E-state index contributed by atoms with van der Waals surface area (Å²) in [6, 6.07) is 8.26. The molecule has 7 heteroatoms. The monoisotopic (exact) mass is 388 g/mol. The Bertz CT molecular complexity index is 795. The molecule has 1 fully saturated rings. The second-order valence-corrected chi connectivity index (χ2v) is 7.70.